The smallest absolute Gasteiger partial charge is 0.338 e. The topological polar surface area (TPSA) is 73.9 Å². The van der Waals surface area contributed by atoms with Gasteiger partial charge in [-0.05, 0) is 43.7 Å². The Kier molecular flexibility index (Phi) is 7.12. The van der Waals surface area contributed by atoms with Crippen LogP contribution in [0.15, 0.2) is 53.7 Å². The van der Waals surface area contributed by atoms with Crippen molar-refractivity contribution in [2.24, 2.45) is 0 Å². The van der Waals surface area contributed by atoms with E-state index in [0.29, 0.717) is 12.2 Å². The maximum atomic E-state index is 13.9. The Balaban J connectivity index is 1.56. The van der Waals surface area contributed by atoms with Gasteiger partial charge in [0, 0.05) is 44.1 Å². The molecule has 4 rings (SSSR count). The molecule has 0 aromatic heterocycles. The van der Waals surface area contributed by atoms with Gasteiger partial charge in [-0.1, -0.05) is 23.8 Å². The van der Waals surface area contributed by atoms with Gasteiger partial charge in [0.25, 0.3) is 0 Å². The molecule has 0 aliphatic carbocycles. The highest BCUT2D eigenvalue weighted by atomic mass is 19.2. The number of carbonyl (C=O) groups is 2. The average molecular weight is 471 g/mol. The van der Waals surface area contributed by atoms with E-state index in [-0.39, 0.29) is 17.7 Å². The van der Waals surface area contributed by atoms with Gasteiger partial charge in [0.1, 0.15) is 0 Å². The van der Waals surface area contributed by atoms with Crippen LogP contribution in [0.2, 0.25) is 0 Å². The lowest BCUT2D eigenvalue weighted by Crippen LogP contribution is -2.51. The normalized spacial score (nSPS) is 19.0. The van der Waals surface area contributed by atoms with Crippen molar-refractivity contribution in [2.45, 2.75) is 19.9 Å². The molecule has 34 heavy (non-hydrogen) atoms. The second-order valence-corrected chi connectivity index (χ2v) is 8.42. The van der Waals surface area contributed by atoms with E-state index in [1.165, 1.54) is 11.6 Å². The van der Waals surface area contributed by atoms with Crippen LogP contribution in [-0.2, 0) is 9.53 Å². The van der Waals surface area contributed by atoms with Crippen LogP contribution in [-0.4, -0.2) is 56.2 Å². The summed E-state index contributed by atoms with van der Waals surface area (Å²) in [6, 6.07) is 10.2. The number of anilines is 1. The minimum absolute atomic E-state index is 0.142. The van der Waals surface area contributed by atoms with Crippen molar-refractivity contribution < 1.29 is 23.1 Å². The highest BCUT2D eigenvalue weighted by molar-refractivity contribution is 5.95. The molecular formula is C25H28F2N4O3. The van der Waals surface area contributed by atoms with Crippen LogP contribution >= 0.6 is 0 Å². The number of hydrogen-bond acceptors (Lipinski definition) is 5. The van der Waals surface area contributed by atoms with Crippen molar-refractivity contribution in [3.05, 3.63) is 76.5 Å². The second kappa shape index (κ2) is 10.2. The molecule has 2 aromatic rings. The molecule has 0 saturated carbocycles. The van der Waals surface area contributed by atoms with Gasteiger partial charge < -0.3 is 20.3 Å². The first-order valence-electron chi connectivity index (χ1n) is 11.3. The summed E-state index contributed by atoms with van der Waals surface area (Å²) in [4.78, 5) is 29.8. The number of benzene rings is 2. The molecule has 1 fully saturated rings. The number of nitrogens with one attached hydrogen (secondary N) is 2. The van der Waals surface area contributed by atoms with Crippen molar-refractivity contribution >= 4 is 17.7 Å². The van der Waals surface area contributed by atoms with E-state index in [1.807, 2.05) is 0 Å². The molecule has 2 heterocycles. The van der Waals surface area contributed by atoms with Crippen molar-refractivity contribution in [3.63, 3.8) is 0 Å². The summed E-state index contributed by atoms with van der Waals surface area (Å²) in [6.07, 6.45) is 0. The maximum Gasteiger partial charge on any atom is 0.338 e. The summed E-state index contributed by atoms with van der Waals surface area (Å²) < 4.78 is 32.7. The molecule has 0 radical (unpaired) electrons. The fourth-order valence-electron chi connectivity index (χ4n) is 4.28. The third-order valence-corrected chi connectivity index (χ3v) is 6.08. The summed E-state index contributed by atoms with van der Waals surface area (Å²) in [5.74, 6) is -2.67. The first kappa shape index (κ1) is 23.7. The summed E-state index contributed by atoms with van der Waals surface area (Å²) in [5, 5.41) is 5.38. The van der Waals surface area contributed by atoms with E-state index in [4.69, 9.17) is 4.74 Å². The summed E-state index contributed by atoms with van der Waals surface area (Å²) in [6.45, 7) is 7.25. The standard InChI is InChI=1S/C25H28F2N4O3/c1-3-34-24(32)22-21(28-25(33)29-23(22)17-6-9-19(26)20(27)14-17)15-30-10-12-31(13-11-30)18-7-4-16(2)5-8-18/h4-9,14,23H,3,10-13,15H2,1-2H3,(H2,28,29,33)/t23-/m1/s1. The number of nitrogens with zero attached hydrogens (tertiary/aromatic N) is 2. The zero-order chi connectivity index (χ0) is 24.2. The Labute approximate surface area is 197 Å². The molecule has 2 amide bonds. The zero-order valence-corrected chi connectivity index (χ0v) is 19.2. The number of urea groups is 1. The molecule has 0 unspecified atom stereocenters. The zero-order valence-electron chi connectivity index (χ0n) is 19.2. The molecule has 2 aromatic carbocycles. The second-order valence-electron chi connectivity index (χ2n) is 8.42. The molecule has 7 nitrogen and oxygen atoms in total. The van der Waals surface area contributed by atoms with Gasteiger partial charge in [0.05, 0.1) is 18.2 Å². The molecule has 180 valence electrons. The van der Waals surface area contributed by atoms with Gasteiger partial charge in [-0.15, -0.1) is 0 Å². The first-order valence-corrected chi connectivity index (χ1v) is 11.3. The fraction of sp³-hybridized carbons (Fsp3) is 0.360. The number of hydrogen-bond donors (Lipinski definition) is 2. The van der Waals surface area contributed by atoms with Crippen LogP contribution in [0.4, 0.5) is 19.3 Å². The monoisotopic (exact) mass is 470 g/mol. The quantitative estimate of drug-likeness (QED) is 0.634. The molecule has 2 aliphatic rings. The molecule has 2 aliphatic heterocycles. The number of amides is 2. The number of carbonyl (C=O) groups excluding carboxylic acids is 2. The molecule has 1 saturated heterocycles. The molecule has 0 bridgehead atoms. The molecule has 1 atom stereocenters. The average Bonchev–Trinajstić information content (AvgIpc) is 2.81. The fourth-order valence-corrected chi connectivity index (χ4v) is 4.28. The highest BCUT2D eigenvalue weighted by Crippen LogP contribution is 2.29. The van der Waals surface area contributed by atoms with Gasteiger partial charge in [-0.25, -0.2) is 18.4 Å². The summed E-state index contributed by atoms with van der Waals surface area (Å²) in [7, 11) is 0. The van der Waals surface area contributed by atoms with Crippen LogP contribution in [0, 0.1) is 18.6 Å². The molecular weight excluding hydrogens is 442 g/mol. The predicted octanol–water partition coefficient (Wildman–Crippen LogP) is 3.27. The van der Waals surface area contributed by atoms with Gasteiger partial charge in [-0.3, -0.25) is 4.90 Å². The van der Waals surface area contributed by atoms with E-state index in [1.54, 1.807) is 6.92 Å². The van der Waals surface area contributed by atoms with Gasteiger partial charge >= 0.3 is 12.0 Å². The van der Waals surface area contributed by atoms with Gasteiger partial charge in [-0.2, -0.15) is 0 Å². The largest absolute Gasteiger partial charge is 0.463 e. The Hall–Kier alpha value is -3.46. The lowest BCUT2D eigenvalue weighted by molar-refractivity contribution is -0.139. The van der Waals surface area contributed by atoms with Gasteiger partial charge in [0.15, 0.2) is 11.6 Å². The highest BCUT2D eigenvalue weighted by Gasteiger charge is 2.35. The SMILES string of the molecule is CCOC(=O)C1=C(CN2CCN(c3ccc(C)cc3)CC2)NC(=O)N[C@@H]1c1ccc(F)c(F)c1. The summed E-state index contributed by atoms with van der Waals surface area (Å²) >= 11 is 0. The number of rotatable bonds is 6. The number of piperazine rings is 1. The Bertz CT molecular complexity index is 1100. The third kappa shape index (κ3) is 5.20. The number of esters is 1. The lowest BCUT2D eigenvalue weighted by atomic mass is 9.94. The van der Waals surface area contributed by atoms with Crippen molar-refractivity contribution in [3.8, 4) is 0 Å². The van der Waals surface area contributed by atoms with Crippen LogP contribution < -0.4 is 15.5 Å². The number of halogens is 2. The molecule has 0 spiro atoms. The van der Waals surface area contributed by atoms with Crippen LogP contribution in [0.5, 0.6) is 0 Å². The first-order chi connectivity index (χ1) is 16.4. The van der Waals surface area contributed by atoms with Crippen LogP contribution in [0.1, 0.15) is 24.1 Å². The van der Waals surface area contributed by atoms with E-state index in [0.717, 1.165) is 44.0 Å². The van der Waals surface area contributed by atoms with Crippen molar-refractivity contribution in [1.29, 1.82) is 0 Å². The molecule has 2 N–H and O–H groups in total. The van der Waals surface area contributed by atoms with Gasteiger partial charge in [0.2, 0.25) is 0 Å². The lowest BCUT2D eigenvalue weighted by Gasteiger charge is -2.38. The third-order valence-electron chi connectivity index (χ3n) is 6.08. The van der Waals surface area contributed by atoms with E-state index < -0.39 is 29.7 Å². The summed E-state index contributed by atoms with van der Waals surface area (Å²) in [5.41, 5.74) is 3.22. The van der Waals surface area contributed by atoms with Crippen molar-refractivity contribution in [2.75, 3.05) is 44.2 Å². The van der Waals surface area contributed by atoms with E-state index in [9.17, 15) is 18.4 Å². The van der Waals surface area contributed by atoms with Crippen LogP contribution in [0.3, 0.4) is 0 Å². The van der Waals surface area contributed by atoms with Crippen LogP contribution in [0.25, 0.3) is 0 Å². The maximum absolute atomic E-state index is 13.9. The Morgan fingerprint density at radius 3 is 2.41 bits per heavy atom. The minimum atomic E-state index is -1.05. The molecule has 9 heteroatoms. The van der Waals surface area contributed by atoms with Crippen molar-refractivity contribution in [1.82, 2.24) is 15.5 Å². The number of aryl methyl sites for hydroxylation is 1. The van der Waals surface area contributed by atoms with E-state index >= 15 is 0 Å². The predicted molar refractivity (Wildman–Crippen MR) is 124 cm³/mol. The minimum Gasteiger partial charge on any atom is -0.463 e. The Morgan fingerprint density at radius 1 is 1.06 bits per heavy atom. The Morgan fingerprint density at radius 2 is 1.76 bits per heavy atom. The van der Waals surface area contributed by atoms with E-state index in [2.05, 4.69) is 51.6 Å². The number of ether oxygens (including phenoxy) is 1.